The molecule has 0 unspecified atom stereocenters. The van der Waals surface area contributed by atoms with Gasteiger partial charge in [-0.25, -0.2) is 0 Å². The number of aromatic nitrogens is 1. The van der Waals surface area contributed by atoms with Gasteiger partial charge in [0.15, 0.2) is 0 Å². The number of rotatable bonds is 7. The van der Waals surface area contributed by atoms with E-state index < -0.39 is 0 Å². The molecule has 3 aromatic rings. The van der Waals surface area contributed by atoms with Gasteiger partial charge in [0.25, 0.3) is 11.8 Å². The first-order chi connectivity index (χ1) is 14.5. The first kappa shape index (κ1) is 20.2. The summed E-state index contributed by atoms with van der Waals surface area (Å²) in [4.78, 5) is 30.9. The smallest absolute Gasteiger partial charge is 0.255 e. The van der Waals surface area contributed by atoms with E-state index in [1.54, 1.807) is 18.1 Å². The molecule has 6 heteroatoms. The molecule has 2 aromatic carbocycles. The number of carbonyl (C=O) groups excluding carboxylic acids is 2. The normalized spacial score (nSPS) is 14.2. The predicted molar refractivity (Wildman–Crippen MR) is 117 cm³/mol. The lowest BCUT2D eigenvalue weighted by Gasteiger charge is -2.16. The minimum Gasteiger partial charge on any atom is -0.383 e. The van der Waals surface area contributed by atoms with Crippen LogP contribution in [0.15, 0.2) is 42.6 Å². The third kappa shape index (κ3) is 3.71. The molecule has 0 bridgehead atoms. The van der Waals surface area contributed by atoms with Crippen molar-refractivity contribution in [1.29, 1.82) is 0 Å². The Morgan fingerprint density at radius 1 is 1.27 bits per heavy atom. The van der Waals surface area contributed by atoms with Crippen molar-refractivity contribution < 1.29 is 14.3 Å². The SMILES string of the molecule is COCCN1Cc2cccc(C(=O)N[C@H](C)Cc3c[nH]c4c(C)cccc34)c2C1=O. The van der Waals surface area contributed by atoms with Gasteiger partial charge in [0, 0.05) is 43.3 Å². The second-order valence-electron chi connectivity index (χ2n) is 7.95. The molecule has 0 saturated carbocycles. The summed E-state index contributed by atoms with van der Waals surface area (Å²) in [6, 6.07) is 11.6. The molecule has 1 aliphatic heterocycles. The van der Waals surface area contributed by atoms with Crippen LogP contribution in [0.1, 0.15) is 44.3 Å². The first-order valence-electron chi connectivity index (χ1n) is 10.3. The summed E-state index contributed by atoms with van der Waals surface area (Å²) in [5, 5.41) is 4.25. The maximum atomic E-state index is 13.0. The molecule has 2 N–H and O–H groups in total. The van der Waals surface area contributed by atoms with Gasteiger partial charge in [-0.1, -0.05) is 30.3 Å². The fourth-order valence-electron chi connectivity index (χ4n) is 4.21. The van der Waals surface area contributed by atoms with Crippen molar-refractivity contribution in [2.75, 3.05) is 20.3 Å². The molecular weight excluding hydrogens is 378 g/mol. The summed E-state index contributed by atoms with van der Waals surface area (Å²) in [7, 11) is 1.61. The summed E-state index contributed by atoms with van der Waals surface area (Å²) >= 11 is 0. The van der Waals surface area contributed by atoms with E-state index in [1.807, 2.05) is 31.3 Å². The molecule has 1 aliphatic rings. The number of hydrogen-bond acceptors (Lipinski definition) is 3. The first-order valence-corrected chi connectivity index (χ1v) is 10.3. The number of H-pyrrole nitrogens is 1. The topological polar surface area (TPSA) is 74.4 Å². The molecule has 1 aromatic heterocycles. The van der Waals surface area contributed by atoms with E-state index in [-0.39, 0.29) is 17.9 Å². The van der Waals surface area contributed by atoms with Crippen LogP contribution in [0, 0.1) is 6.92 Å². The number of nitrogens with zero attached hydrogens (tertiary/aromatic N) is 1. The molecule has 0 spiro atoms. The lowest BCUT2D eigenvalue weighted by atomic mass is 10.0. The van der Waals surface area contributed by atoms with Gasteiger partial charge in [-0.05, 0) is 43.0 Å². The van der Waals surface area contributed by atoms with Gasteiger partial charge in [-0.3, -0.25) is 9.59 Å². The molecule has 0 saturated heterocycles. The number of amides is 2. The predicted octanol–water partition coefficient (Wildman–Crippen LogP) is 3.44. The number of nitrogens with one attached hydrogen (secondary N) is 2. The van der Waals surface area contributed by atoms with Crippen LogP contribution >= 0.6 is 0 Å². The van der Waals surface area contributed by atoms with Gasteiger partial charge in [0.1, 0.15) is 0 Å². The van der Waals surface area contributed by atoms with Crippen LogP contribution in [0.3, 0.4) is 0 Å². The van der Waals surface area contributed by atoms with Gasteiger partial charge in [-0.15, -0.1) is 0 Å². The van der Waals surface area contributed by atoms with E-state index >= 15 is 0 Å². The molecule has 2 amide bonds. The fourth-order valence-corrected chi connectivity index (χ4v) is 4.21. The highest BCUT2D eigenvalue weighted by Crippen LogP contribution is 2.26. The van der Waals surface area contributed by atoms with Crippen LogP contribution in [0.5, 0.6) is 0 Å². The van der Waals surface area contributed by atoms with E-state index in [0.717, 1.165) is 11.1 Å². The molecular formula is C24H27N3O3. The number of carbonyl (C=O) groups is 2. The molecule has 2 heterocycles. The van der Waals surface area contributed by atoms with Crippen LogP contribution in [-0.2, 0) is 17.7 Å². The van der Waals surface area contributed by atoms with Crippen molar-refractivity contribution in [2.45, 2.75) is 32.9 Å². The Morgan fingerprint density at radius 3 is 2.87 bits per heavy atom. The van der Waals surface area contributed by atoms with E-state index in [9.17, 15) is 9.59 Å². The zero-order valence-electron chi connectivity index (χ0n) is 17.6. The van der Waals surface area contributed by atoms with E-state index in [4.69, 9.17) is 4.74 Å². The fraction of sp³-hybridized carbons (Fsp3) is 0.333. The second-order valence-corrected chi connectivity index (χ2v) is 7.95. The van der Waals surface area contributed by atoms with Crippen LogP contribution in [0.25, 0.3) is 10.9 Å². The summed E-state index contributed by atoms with van der Waals surface area (Å²) in [5.41, 5.74) is 5.35. The van der Waals surface area contributed by atoms with Crippen molar-refractivity contribution in [1.82, 2.24) is 15.2 Å². The van der Waals surface area contributed by atoms with Gasteiger partial charge in [0.2, 0.25) is 0 Å². The molecule has 30 heavy (non-hydrogen) atoms. The highest BCUT2D eigenvalue weighted by Gasteiger charge is 2.31. The van der Waals surface area contributed by atoms with Crippen LogP contribution in [0.2, 0.25) is 0 Å². The van der Waals surface area contributed by atoms with E-state index in [2.05, 4.69) is 29.4 Å². The van der Waals surface area contributed by atoms with Gasteiger partial charge in [-0.2, -0.15) is 0 Å². The van der Waals surface area contributed by atoms with Crippen LogP contribution in [0.4, 0.5) is 0 Å². The molecule has 0 aliphatic carbocycles. The number of fused-ring (bicyclic) bond motifs is 2. The molecule has 6 nitrogen and oxygen atoms in total. The Morgan fingerprint density at radius 2 is 2.07 bits per heavy atom. The molecule has 0 radical (unpaired) electrons. The lowest BCUT2D eigenvalue weighted by molar-refractivity contribution is 0.0715. The summed E-state index contributed by atoms with van der Waals surface area (Å²) in [5.74, 6) is -0.315. The number of methoxy groups -OCH3 is 1. The Balaban J connectivity index is 1.49. The highest BCUT2D eigenvalue weighted by molar-refractivity contribution is 6.09. The van der Waals surface area contributed by atoms with Crippen molar-refractivity contribution in [3.63, 3.8) is 0 Å². The number of aromatic amines is 1. The van der Waals surface area contributed by atoms with Crippen molar-refractivity contribution in [3.05, 3.63) is 70.4 Å². The number of benzene rings is 2. The minimum absolute atomic E-state index is 0.0750. The summed E-state index contributed by atoms with van der Waals surface area (Å²) < 4.78 is 5.09. The minimum atomic E-state index is -0.211. The monoisotopic (exact) mass is 405 g/mol. The Bertz CT molecular complexity index is 1100. The van der Waals surface area contributed by atoms with Gasteiger partial charge in [0.05, 0.1) is 17.7 Å². The third-order valence-electron chi connectivity index (χ3n) is 5.74. The number of ether oxygens (including phenoxy) is 1. The lowest BCUT2D eigenvalue weighted by Crippen LogP contribution is -2.35. The number of hydrogen-bond donors (Lipinski definition) is 2. The number of para-hydroxylation sites is 1. The van der Waals surface area contributed by atoms with Crippen molar-refractivity contribution in [3.8, 4) is 0 Å². The molecule has 1 atom stereocenters. The van der Waals surface area contributed by atoms with Crippen molar-refractivity contribution in [2.24, 2.45) is 0 Å². The van der Waals surface area contributed by atoms with Crippen LogP contribution in [-0.4, -0.2) is 48.0 Å². The zero-order valence-corrected chi connectivity index (χ0v) is 17.6. The van der Waals surface area contributed by atoms with Crippen molar-refractivity contribution >= 4 is 22.7 Å². The molecule has 0 fully saturated rings. The zero-order chi connectivity index (χ0) is 21.3. The standard InChI is InChI=1S/C24H27N3O3/c1-15-6-4-8-19-18(13-25-22(15)19)12-16(2)26-23(28)20-9-5-7-17-14-27(10-11-30-3)24(29)21(17)20/h4-9,13,16,25H,10-12,14H2,1-3H3,(H,26,28)/t16-/m1/s1. The highest BCUT2D eigenvalue weighted by atomic mass is 16.5. The average molecular weight is 405 g/mol. The Hall–Kier alpha value is -3.12. The van der Waals surface area contributed by atoms with Crippen LogP contribution < -0.4 is 5.32 Å². The maximum Gasteiger partial charge on any atom is 0.255 e. The molecule has 4 rings (SSSR count). The largest absolute Gasteiger partial charge is 0.383 e. The Kier molecular flexibility index (Phi) is 5.59. The van der Waals surface area contributed by atoms with Gasteiger partial charge >= 0.3 is 0 Å². The van der Waals surface area contributed by atoms with E-state index in [0.29, 0.717) is 37.2 Å². The third-order valence-corrected chi connectivity index (χ3v) is 5.74. The maximum absolute atomic E-state index is 13.0. The Labute approximate surface area is 176 Å². The second kappa shape index (κ2) is 8.32. The average Bonchev–Trinajstić information content (AvgIpc) is 3.28. The molecule has 156 valence electrons. The number of aryl methyl sites for hydroxylation is 1. The quantitative estimate of drug-likeness (QED) is 0.632. The summed E-state index contributed by atoms with van der Waals surface area (Å²) in [6.45, 7) is 5.58. The summed E-state index contributed by atoms with van der Waals surface area (Å²) in [6.07, 6.45) is 2.72. The van der Waals surface area contributed by atoms with Gasteiger partial charge < -0.3 is 19.9 Å². The van der Waals surface area contributed by atoms with E-state index in [1.165, 1.54) is 16.5 Å².